The number of aromatic nitrogens is 3. The van der Waals surface area contributed by atoms with E-state index in [2.05, 4.69) is 30.1 Å². The number of hydrogen-bond acceptors (Lipinski definition) is 12. The van der Waals surface area contributed by atoms with Crippen molar-refractivity contribution in [3.63, 3.8) is 0 Å². The molecule has 0 radical (unpaired) electrons. The third-order valence-electron chi connectivity index (χ3n) is 4.52. The Balaban J connectivity index is 1.89. The molecule has 0 fully saturated rings. The second kappa shape index (κ2) is 11.1. The number of carbonyl (C=O) groups is 1. The van der Waals surface area contributed by atoms with Gasteiger partial charge < -0.3 is 39.4 Å². The molecule has 2 aromatic heterocycles. The first-order chi connectivity index (χ1) is 26.4. The Hall–Kier alpha value is -4.24. The van der Waals surface area contributed by atoms with Gasteiger partial charge in [0.15, 0.2) is 40.3 Å². The lowest BCUT2D eigenvalue weighted by Crippen LogP contribution is -2.53. The molecule has 3 aromatic rings. The molecule has 3 heterocycles. The second-order valence-corrected chi connectivity index (χ2v) is 8.37. The Bertz CT molecular complexity index is 2130. The van der Waals surface area contributed by atoms with E-state index in [1.54, 1.807) is 0 Å². The second-order valence-electron chi connectivity index (χ2n) is 7.21. The Morgan fingerprint density at radius 3 is 2.55 bits per heavy atom. The molecule has 0 unspecified atom stereocenters. The van der Waals surface area contributed by atoms with Crippen LogP contribution in [0.3, 0.4) is 0 Å². The smallest absolute Gasteiger partial charge is 0.471 e. The van der Waals surface area contributed by atoms with Crippen molar-refractivity contribution in [3.8, 4) is 23.0 Å². The number of methoxy groups -OCH3 is 3. The monoisotopic (exact) mass is 599 g/mol. The van der Waals surface area contributed by atoms with Gasteiger partial charge in [0, 0.05) is 26.0 Å². The number of hydrogen-bond donors (Lipinski definition) is 4. The van der Waals surface area contributed by atoms with E-state index >= 15 is 4.39 Å². The molecular formula is C23H26FN6O9P. The molecule has 0 atom stereocenters. The van der Waals surface area contributed by atoms with E-state index in [-0.39, 0.29) is 0 Å². The van der Waals surface area contributed by atoms with Crippen LogP contribution >= 0.6 is 7.82 Å². The minimum absolute atomic E-state index is 0.425. The predicted molar refractivity (Wildman–Crippen MR) is 139 cm³/mol. The van der Waals surface area contributed by atoms with E-state index in [0.29, 0.717) is 6.20 Å². The molecule has 40 heavy (non-hydrogen) atoms. The van der Waals surface area contributed by atoms with Gasteiger partial charge in [0.05, 0.1) is 45.1 Å². The molecule has 0 saturated heterocycles. The number of nitrogens with zero attached hydrogens (tertiary/aromatic N) is 4. The van der Waals surface area contributed by atoms with Crippen LogP contribution < -0.4 is 34.5 Å². The van der Waals surface area contributed by atoms with Crippen molar-refractivity contribution >= 4 is 42.8 Å². The van der Waals surface area contributed by atoms with Crippen LogP contribution in [0.25, 0.3) is 0 Å². The van der Waals surface area contributed by atoms with Gasteiger partial charge in [-0.15, -0.1) is 0 Å². The summed E-state index contributed by atoms with van der Waals surface area (Å²) >= 11 is 0. The van der Waals surface area contributed by atoms with Crippen molar-refractivity contribution in [2.45, 2.75) is 19.3 Å². The molecule has 17 heteroatoms. The highest BCUT2D eigenvalue weighted by atomic mass is 31.2. The number of halogens is 1. The van der Waals surface area contributed by atoms with Gasteiger partial charge in [-0.3, -0.25) is 14.2 Å². The number of rotatable bonds is 10. The van der Waals surface area contributed by atoms with Crippen LogP contribution in [-0.2, 0) is 13.9 Å². The molecule has 214 valence electrons. The number of nitrogens with one attached hydrogen (secondary N) is 2. The number of phosphoric acid groups is 1. The topological polar surface area (TPSA) is 187 Å². The fraction of sp³-hybridized carbons (Fsp3) is 0.304. The van der Waals surface area contributed by atoms with Gasteiger partial charge >= 0.3 is 7.82 Å². The number of pyridine rings is 1. The summed E-state index contributed by atoms with van der Waals surface area (Å²) in [5.74, 6) is -12.2. The number of anilines is 5. The Morgan fingerprint density at radius 2 is 1.90 bits per heavy atom. The molecule has 1 aromatic carbocycles. The molecule has 1 amide bonds. The third kappa shape index (κ3) is 6.15. The van der Waals surface area contributed by atoms with Crippen LogP contribution in [0.4, 0.5) is 33.5 Å². The summed E-state index contributed by atoms with van der Waals surface area (Å²) in [5, 5.41) is 4.49. The average Bonchev–Trinajstić information content (AvgIpc) is 2.98. The molecule has 0 aliphatic carbocycles. The lowest BCUT2D eigenvalue weighted by atomic mass is 10.1. The van der Waals surface area contributed by atoms with Crippen LogP contribution in [-0.4, -0.2) is 64.0 Å². The van der Waals surface area contributed by atoms with Crippen molar-refractivity contribution in [1.82, 2.24) is 15.0 Å². The van der Waals surface area contributed by atoms with Crippen molar-refractivity contribution in [2.24, 2.45) is 0 Å². The van der Waals surface area contributed by atoms with Gasteiger partial charge in [0.1, 0.15) is 12.5 Å². The fourth-order valence-electron chi connectivity index (χ4n) is 2.92. The quantitative estimate of drug-likeness (QED) is 0.249. The SMILES string of the molecule is [2H]c1c(Nc2nc(Nc3cc(OC([2H])([2H])[2H])c(OC([2H])([2H])[2H])c(OC([2H])([2H])[2H])c3)ncc2F)nc2c(c1[2H])OC(C([2H])([2H])[2H])(C([2H])([2H])[2H])C(=O)N2C([2H])([2H])OP(=O)(O)O. The fourth-order valence-corrected chi connectivity index (χ4v) is 3.11. The zero-order valence-corrected chi connectivity index (χ0v) is 20.0. The van der Waals surface area contributed by atoms with E-state index in [4.69, 9.17) is 45.0 Å². The first kappa shape index (κ1) is 13.0. The molecule has 1 aliphatic heterocycles. The molecular weight excluding hydrogens is 554 g/mol. The van der Waals surface area contributed by atoms with Crippen LogP contribution in [0.15, 0.2) is 30.4 Å². The van der Waals surface area contributed by atoms with Crippen molar-refractivity contribution < 1.29 is 73.1 Å². The summed E-state index contributed by atoms with van der Waals surface area (Å²) in [6, 6.07) is -1.03. The Kier molecular flexibility index (Phi) is 3.59. The number of phosphoric ester groups is 1. The minimum atomic E-state index is -5.98. The Labute approximate surface area is 254 Å². The summed E-state index contributed by atoms with van der Waals surface area (Å²) in [7, 11) is -15.9. The van der Waals surface area contributed by atoms with Gasteiger partial charge in [0.25, 0.3) is 5.91 Å². The summed E-state index contributed by atoms with van der Waals surface area (Å²) in [5.41, 5.74) is -4.53. The van der Waals surface area contributed by atoms with Crippen LogP contribution in [0.1, 0.15) is 39.7 Å². The molecule has 0 saturated carbocycles. The standard InChI is InChI=1S/C23H26FN6O9P/c1-23(2)21(31)30(11-38-40(32,33)34)20-14(39-23)6-7-17(28-20)27-19-13(24)10-25-22(29-19)26-12-8-15(35-3)18(37-5)16(9-12)36-4/h6-10H,11H2,1-5H3,(H2,32,33,34)(H2,25,26,27,28,29)/i1D3,2D3,3D3,4D3,5D3,6D,7D,11D2. The van der Waals surface area contributed by atoms with Gasteiger partial charge in [-0.1, -0.05) is 0 Å². The van der Waals surface area contributed by atoms with Crippen LogP contribution in [0, 0.1) is 5.82 Å². The molecule has 0 spiro atoms. The minimum Gasteiger partial charge on any atom is -0.493 e. The highest BCUT2D eigenvalue weighted by molar-refractivity contribution is 7.46. The lowest BCUT2D eigenvalue weighted by molar-refractivity contribution is -0.133. The summed E-state index contributed by atoms with van der Waals surface area (Å²) in [6.45, 7) is -12.3. The van der Waals surface area contributed by atoms with Crippen molar-refractivity contribution in [3.05, 3.63) is 36.2 Å². The maximum absolute atomic E-state index is 15.2. The predicted octanol–water partition coefficient (Wildman–Crippen LogP) is 3.09. The molecule has 1 aliphatic rings. The summed E-state index contributed by atoms with van der Waals surface area (Å²) in [6.07, 6.45) is 0.444. The molecule has 4 N–H and O–H groups in total. The average molecular weight is 600 g/mol. The van der Waals surface area contributed by atoms with Gasteiger partial charge in [0.2, 0.25) is 11.7 Å². The third-order valence-corrected chi connectivity index (χ3v) is 4.84. The lowest BCUT2D eigenvalue weighted by Gasteiger charge is -2.37. The van der Waals surface area contributed by atoms with Gasteiger partial charge in [-0.05, 0) is 25.8 Å². The van der Waals surface area contributed by atoms with E-state index in [0.717, 1.165) is 12.1 Å². The number of ether oxygens (including phenoxy) is 4. The molecule has 4 rings (SSSR count). The first-order valence-electron chi connectivity index (χ1n) is 19.5. The number of fused-ring (bicyclic) bond motifs is 1. The zero-order valence-electron chi connectivity index (χ0n) is 38.1. The number of benzene rings is 1. The van der Waals surface area contributed by atoms with Gasteiger partial charge in [-0.2, -0.15) is 4.98 Å². The number of amides is 1. The van der Waals surface area contributed by atoms with Crippen molar-refractivity contribution in [1.29, 1.82) is 0 Å². The normalized spacial score (nSPS) is 23.1. The highest BCUT2D eigenvalue weighted by Crippen LogP contribution is 2.42. The van der Waals surface area contributed by atoms with E-state index in [9.17, 15) is 19.1 Å². The van der Waals surface area contributed by atoms with Gasteiger partial charge in [-0.25, -0.2) is 18.9 Å². The maximum Gasteiger partial charge on any atom is 0.471 e. The highest BCUT2D eigenvalue weighted by Gasteiger charge is 2.42. The zero-order chi connectivity index (χ0) is 45.3. The largest absolute Gasteiger partial charge is 0.493 e. The van der Waals surface area contributed by atoms with Crippen LogP contribution in [0.5, 0.6) is 23.0 Å². The van der Waals surface area contributed by atoms with Crippen molar-refractivity contribution in [2.75, 3.05) is 43.3 Å². The Morgan fingerprint density at radius 1 is 1.18 bits per heavy atom. The molecule has 15 nitrogen and oxygen atoms in total. The molecule has 0 bridgehead atoms. The summed E-state index contributed by atoms with van der Waals surface area (Å²) < 4.78 is 198. The van der Waals surface area contributed by atoms with E-state index in [1.165, 1.54) is 0 Å². The first-order valence-corrected chi connectivity index (χ1v) is 11.5. The van der Waals surface area contributed by atoms with E-state index < -0.39 is 136 Å². The summed E-state index contributed by atoms with van der Waals surface area (Å²) in [4.78, 5) is 43.0. The van der Waals surface area contributed by atoms with Crippen LogP contribution in [0.2, 0.25) is 0 Å². The number of carbonyl (C=O) groups excluding carboxylic acids is 1. The maximum atomic E-state index is 15.2. The van der Waals surface area contributed by atoms with E-state index in [1.807, 2.05) is 0 Å².